The number of aromatic nitrogens is 2. The molecule has 0 aliphatic carbocycles. The molecule has 5 nitrogen and oxygen atoms in total. The van der Waals surface area contributed by atoms with Crippen molar-refractivity contribution >= 4 is 17.5 Å². The van der Waals surface area contributed by atoms with E-state index in [9.17, 15) is 4.79 Å². The van der Waals surface area contributed by atoms with E-state index in [1.165, 1.54) is 0 Å². The molecule has 0 bridgehead atoms. The predicted octanol–water partition coefficient (Wildman–Crippen LogP) is 4.29. The maximum Gasteiger partial charge on any atom is 0.246 e. The molecule has 1 aromatic heterocycles. The minimum absolute atomic E-state index is 0.0234. The molecule has 1 amide bonds. The number of hydrogen-bond acceptors (Lipinski definition) is 4. The third-order valence-corrected chi connectivity index (χ3v) is 4.34. The number of aryl methyl sites for hydroxylation is 2. The molecule has 0 aliphatic rings. The smallest absolute Gasteiger partial charge is 0.246 e. The molecule has 0 radical (unpaired) electrons. The second-order valence-corrected chi connectivity index (χ2v) is 6.69. The summed E-state index contributed by atoms with van der Waals surface area (Å²) >= 11 is 5.87. The van der Waals surface area contributed by atoms with Crippen LogP contribution in [-0.4, -0.2) is 28.0 Å². The van der Waals surface area contributed by atoms with Crippen LogP contribution in [0.5, 0.6) is 0 Å². The predicted molar refractivity (Wildman–Crippen MR) is 101 cm³/mol. The number of rotatable bonds is 6. The Morgan fingerprint density at radius 1 is 1.19 bits per heavy atom. The number of halogens is 1. The van der Waals surface area contributed by atoms with Crippen molar-refractivity contribution in [3.8, 4) is 11.4 Å². The Balaban J connectivity index is 1.56. The number of carbonyl (C=O) groups excluding carboxylic acids is 1. The van der Waals surface area contributed by atoms with Crippen LogP contribution in [0.15, 0.2) is 53.1 Å². The molecule has 0 saturated heterocycles. The molecule has 0 saturated carbocycles. The van der Waals surface area contributed by atoms with Crippen molar-refractivity contribution in [2.24, 2.45) is 0 Å². The molecule has 26 heavy (non-hydrogen) atoms. The average Bonchev–Trinajstić information content (AvgIpc) is 3.09. The van der Waals surface area contributed by atoms with E-state index >= 15 is 0 Å². The Kier molecular flexibility index (Phi) is 5.68. The third-order valence-electron chi connectivity index (χ3n) is 4.08. The summed E-state index contributed by atoms with van der Waals surface area (Å²) in [5.41, 5.74) is 3.11. The molecule has 0 spiro atoms. The van der Waals surface area contributed by atoms with Crippen LogP contribution in [-0.2, 0) is 17.8 Å². The lowest BCUT2D eigenvalue weighted by Gasteiger charge is -2.14. The maximum absolute atomic E-state index is 12.3. The summed E-state index contributed by atoms with van der Waals surface area (Å²) in [4.78, 5) is 18.3. The van der Waals surface area contributed by atoms with Gasteiger partial charge in [0.2, 0.25) is 17.6 Å². The van der Waals surface area contributed by atoms with Gasteiger partial charge in [0.1, 0.15) is 0 Å². The van der Waals surface area contributed by atoms with Crippen molar-refractivity contribution in [3.63, 3.8) is 0 Å². The van der Waals surface area contributed by atoms with E-state index in [1.54, 1.807) is 11.9 Å². The highest BCUT2D eigenvalue weighted by Gasteiger charge is 2.15. The molecule has 0 fully saturated rings. The summed E-state index contributed by atoms with van der Waals surface area (Å²) in [5, 5.41) is 4.70. The van der Waals surface area contributed by atoms with Crippen molar-refractivity contribution in [1.29, 1.82) is 0 Å². The molecule has 3 rings (SSSR count). The number of carbonyl (C=O) groups is 1. The Hall–Kier alpha value is -2.66. The molecule has 6 heteroatoms. The fourth-order valence-corrected chi connectivity index (χ4v) is 2.73. The summed E-state index contributed by atoms with van der Waals surface area (Å²) in [7, 11) is 1.74. The largest absolute Gasteiger partial charge is 0.337 e. The molecule has 0 unspecified atom stereocenters. The molecule has 1 heterocycles. The third kappa shape index (κ3) is 4.70. The van der Waals surface area contributed by atoms with Crippen molar-refractivity contribution in [2.75, 3.05) is 7.05 Å². The molecule has 3 aromatic rings. The van der Waals surface area contributed by atoms with Gasteiger partial charge in [-0.05, 0) is 37.1 Å². The summed E-state index contributed by atoms with van der Waals surface area (Å²) < 4.78 is 5.29. The van der Waals surface area contributed by atoms with Crippen LogP contribution in [0.1, 0.15) is 23.4 Å². The Morgan fingerprint density at radius 3 is 2.69 bits per heavy atom. The zero-order valence-electron chi connectivity index (χ0n) is 14.8. The Bertz CT molecular complexity index is 890. The van der Waals surface area contributed by atoms with Gasteiger partial charge in [0.15, 0.2) is 0 Å². The minimum Gasteiger partial charge on any atom is -0.337 e. The SMILES string of the molecule is Cc1cccc(-c2noc(CN(C)C(=O)CCc3ccc(Cl)cc3)n2)c1. The molecular formula is C20H20ClN3O2. The molecule has 0 aliphatic heterocycles. The Labute approximate surface area is 157 Å². The number of amides is 1. The lowest BCUT2D eigenvalue weighted by atomic mass is 10.1. The van der Waals surface area contributed by atoms with Gasteiger partial charge in [-0.25, -0.2) is 0 Å². The van der Waals surface area contributed by atoms with Crippen LogP contribution in [0.25, 0.3) is 11.4 Å². The minimum atomic E-state index is 0.0234. The quantitative estimate of drug-likeness (QED) is 0.650. The molecule has 2 aromatic carbocycles. The van der Waals surface area contributed by atoms with Gasteiger partial charge in [-0.2, -0.15) is 4.98 Å². The van der Waals surface area contributed by atoms with E-state index in [0.717, 1.165) is 16.7 Å². The van der Waals surface area contributed by atoms with Crippen LogP contribution >= 0.6 is 11.6 Å². The zero-order chi connectivity index (χ0) is 18.5. The lowest BCUT2D eigenvalue weighted by Crippen LogP contribution is -2.26. The zero-order valence-corrected chi connectivity index (χ0v) is 15.5. The summed E-state index contributed by atoms with van der Waals surface area (Å²) in [6.07, 6.45) is 1.08. The van der Waals surface area contributed by atoms with Crippen LogP contribution in [0.3, 0.4) is 0 Å². The Morgan fingerprint density at radius 2 is 1.96 bits per heavy atom. The number of benzene rings is 2. The number of nitrogens with zero attached hydrogens (tertiary/aromatic N) is 3. The monoisotopic (exact) mass is 369 g/mol. The van der Waals surface area contributed by atoms with E-state index in [4.69, 9.17) is 16.1 Å². The molecule has 0 atom stereocenters. The van der Waals surface area contributed by atoms with Crippen molar-refractivity contribution in [1.82, 2.24) is 15.0 Å². The highest BCUT2D eigenvalue weighted by Crippen LogP contribution is 2.17. The normalized spacial score (nSPS) is 10.7. The average molecular weight is 370 g/mol. The standard InChI is InChI=1S/C20H20ClN3O2/c1-14-4-3-5-16(12-14)20-22-18(26-23-20)13-24(2)19(25)11-8-15-6-9-17(21)10-7-15/h3-7,9-10,12H,8,11,13H2,1-2H3. The van der Waals surface area contributed by atoms with E-state index < -0.39 is 0 Å². The van der Waals surface area contributed by atoms with Crippen molar-refractivity contribution in [3.05, 3.63) is 70.6 Å². The first-order chi connectivity index (χ1) is 12.5. The van der Waals surface area contributed by atoms with E-state index in [2.05, 4.69) is 10.1 Å². The first kappa shape index (κ1) is 18.1. The van der Waals surface area contributed by atoms with Crippen molar-refractivity contribution in [2.45, 2.75) is 26.3 Å². The van der Waals surface area contributed by atoms with Crippen LogP contribution in [0.2, 0.25) is 5.02 Å². The van der Waals surface area contributed by atoms with Gasteiger partial charge in [0.25, 0.3) is 0 Å². The van der Waals surface area contributed by atoms with Crippen LogP contribution in [0.4, 0.5) is 0 Å². The summed E-state index contributed by atoms with van der Waals surface area (Å²) in [6, 6.07) is 15.4. The molecule has 134 valence electrons. The summed E-state index contributed by atoms with van der Waals surface area (Å²) in [6.45, 7) is 2.30. The highest BCUT2D eigenvalue weighted by atomic mass is 35.5. The lowest BCUT2D eigenvalue weighted by molar-refractivity contribution is -0.130. The van der Waals surface area contributed by atoms with Gasteiger partial charge in [0.05, 0.1) is 6.54 Å². The van der Waals surface area contributed by atoms with Gasteiger partial charge >= 0.3 is 0 Å². The van der Waals surface area contributed by atoms with Gasteiger partial charge in [0, 0.05) is 24.1 Å². The van der Waals surface area contributed by atoms with E-state index in [0.29, 0.717) is 29.6 Å². The second-order valence-electron chi connectivity index (χ2n) is 6.26. The van der Waals surface area contributed by atoms with Gasteiger partial charge in [-0.1, -0.05) is 52.7 Å². The highest BCUT2D eigenvalue weighted by molar-refractivity contribution is 6.30. The second kappa shape index (κ2) is 8.15. The topological polar surface area (TPSA) is 59.2 Å². The maximum atomic E-state index is 12.3. The first-order valence-corrected chi connectivity index (χ1v) is 8.77. The van der Waals surface area contributed by atoms with Crippen LogP contribution in [0, 0.1) is 6.92 Å². The fourth-order valence-electron chi connectivity index (χ4n) is 2.60. The summed E-state index contributed by atoms with van der Waals surface area (Å²) in [5.74, 6) is 0.977. The van der Waals surface area contributed by atoms with E-state index in [-0.39, 0.29) is 12.5 Å². The van der Waals surface area contributed by atoms with Crippen LogP contribution < -0.4 is 0 Å². The molecule has 0 N–H and O–H groups in total. The number of hydrogen-bond donors (Lipinski definition) is 0. The van der Waals surface area contributed by atoms with E-state index in [1.807, 2.05) is 55.5 Å². The van der Waals surface area contributed by atoms with Gasteiger partial charge < -0.3 is 9.42 Å². The first-order valence-electron chi connectivity index (χ1n) is 8.39. The fraction of sp³-hybridized carbons (Fsp3) is 0.250. The van der Waals surface area contributed by atoms with Gasteiger partial charge in [-0.3, -0.25) is 4.79 Å². The molecular weight excluding hydrogens is 350 g/mol. The van der Waals surface area contributed by atoms with Crippen molar-refractivity contribution < 1.29 is 9.32 Å². The van der Waals surface area contributed by atoms with Gasteiger partial charge in [-0.15, -0.1) is 0 Å².